The second-order valence-electron chi connectivity index (χ2n) is 2.94. The Morgan fingerprint density at radius 2 is 2.21 bits per heavy atom. The monoisotopic (exact) mass is 197 g/mol. The molecule has 0 fully saturated rings. The molecule has 0 amide bonds. The molecule has 0 spiro atoms. The average Bonchev–Trinajstić information content (AvgIpc) is 2.20. The SMILES string of the molecule is CCOc1cc(C(C)ON)ccc1O. The fourth-order valence-electron chi connectivity index (χ4n) is 1.13. The first-order valence-corrected chi connectivity index (χ1v) is 4.50. The van der Waals surface area contributed by atoms with Gasteiger partial charge in [-0.05, 0) is 31.5 Å². The van der Waals surface area contributed by atoms with Gasteiger partial charge in [-0.2, -0.15) is 0 Å². The van der Waals surface area contributed by atoms with E-state index >= 15 is 0 Å². The number of hydrogen-bond donors (Lipinski definition) is 2. The fraction of sp³-hybridized carbons (Fsp3) is 0.400. The minimum absolute atomic E-state index is 0.125. The zero-order valence-corrected chi connectivity index (χ0v) is 8.36. The largest absolute Gasteiger partial charge is 0.504 e. The van der Waals surface area contributed by atoms with E-state index in [1.165, 1.54) is 0 Å². The predicted octanol–water partition coefficient (Wildman–Crippen LogP) is 1.74. The van der Waals surface area contributed by atoms with Crippen LogP contribution in [0.4, 0.5) is 0 Å². The smallest absolute Gasteiger partial charge is 0.161 e. The first-order chi connectivity index (χ1) is 6.69. The maximum atomic E-state index is 9.42. The van der Waals surface area contributed by atoms with Crippen LogP contribution in [0.5, 0.6) is 11.5 Å². The molecule has 0 saturated carbocycles. The molecule has 1 atom stereocenters. The van der Waals surface area contributed by atoms with E-state index in [0.717, 1.165) is 5.56 Å². The molecule has 1 aromatic carbocycles. The van der Waals surface area contributed by atoms with E-state index in [2.05, 4.69) is 4.84 Å². The molecular formula is C10H15NO3. The van der Waals surface area contributed by atoms with E-state index in [4.69, 9.17) is 10.6 Å². The van der Waals surface area contributed by atoms with Crippen molar-refractivity contribution in [3.05, 3.63) is 23.8 Å². The third-order valence-electron chi connectivity index (χ3n) is 1.96. The van der Waals surface area contributed by atoms with Crippen molar-refractivity contribution in [2.24, 2.45) is 5.90 Å². The van der Waals surface area contributed by atoms with Crippen molar-refractivity contribution in [3.8, 4) is 11.5 Å². The molecule has 1 unspecified atom stereocenters. The average molecular weight is 197 g/mol. The zero-order chi connectivity index (χ0) is 10.6. The van der Waals surface area contributed by atoms with E-state index < -0.39 is 0 Å². The lowest BCUT2D eigenvalue weighted by molar-refractivity contribution is 0.0662. The van der Waals surface area contributed by atoms with Crippen molar-refractivity contribution in [1.82, 2.24) is 0 Å². The van der Waals surface area contributed by atoms with E-state index in [1.807, 2.05) is 13.8 Å². The van der Waals surface area contributed by atoms with Gasteiger partial charge in [-0.3, -0.25) is 4.84 Å². The first kappa shape index (κ1) is 10.8. The molecule has 4 heteroatoms. The first-order valence-electron chi connectivity index (χ1n) is 4.50. The van der Waals surface area contributed by atoms with Gasteiger partial charge in [-0.15, -0.1) is 0 Å². The van der Waals surface area contributed by atoms with Gasteiger partial charge in [0.25, 0.3) is 0 Å². The highest BCUT2D eigenvalue weighted by atomic mass is 16.6. The van der Waals surface area contributed by atoms with Gasteiger partial charge in [0.05, 0.1) is 6.61 Å². The van der Waals surface area contributed by atoms with Gasteiger partial charge in [-0.1, -0.05) is 6.07 Å². The van der Waals surface area contributed by atoms with E-state index in [0.29, 0.717) is 12.4 Å². The van der Waals surface area contributed by atoms with Crippen LogP contribution in [0, 0.1) is 0 Å². The van der Waals surface area contributed by atoms with Gasteiger partial charge < -0.3 is 9.84 Å². The van der Waals surface area contributed by atoms with Crippen LogP contribution in [0.25, 0.3) is 0 Å². The molecule has 0 aliphatic rings. The third-order valence-corrected chi connectivity index (χ3v) is 1.96. The number of phenols is 1. The summed E-state index contributed by atoms with van der Waals surface area (Å²) in [6, 6.07) is 5.03. The normalized spacial score (nSPS) is 12.5. The lowest BCUT2D eigenvalue weighted by Gasteiger charge is -2.12. The molecule has 0 saturated heterocycles. The van der Waals surface area contributed by atoms with Crippen LogP contribution in [0.15, 0.2) is 18.2 Å². The molecule has 0 aliphatic heterocycles. The molecule has 3 N–H and O–H groups in total. The van der Waals surface area contributed by atoms with Crippen molar-refractivity contribution in [2.75, 3.05) is 6.61 Å². The van der Waals surface area contributed by atoms with Crippen molar-refractivity contribution in [1.29, 1.82) is 0 Å². The maximum absolute atomic E-state index is 9.42. The van der Waals surface area contributed by atoms with Crippen LogP contribution in [0.1, 0.15) is 25.5 Å². The second-order valence-corrected chi connectivity index (χ2v) is 2.94. The highest BCUT2D eigenvalue weighted by Gasteiger charge is 2.08. The summed E-state index contributed by atoms with van der Waals surface area (Å²) in [5.41, 5.74) is 0.869. The molecule has 0 aliphatic carbocycles. The van der Waals surface area contributed by atoms with Crippen LogP contribution in [0.3, 0.4) is 0 Å². The Bertz CT molecular complexity index is 301. The standard InChI is InChI=1S/C10H15NO3/c1-3-13-10-6-8(7(2)14-11)4-5-9(10)12/h4-7,12H,3,11H2,1-2H3. The Morgan fingerprint density at radius 1 is 1.50 bits per heavy atom. The lowest BCUT2D eigenvalue weighted by Crippen LogP contribution is -2.05. The number of hydrogen-bond acceptors (Lipinski definition) is 4. The van der Waals surface area contributed by atoms with Crippen LogP contribution in [-0.2, 0) is 4.84 Å². The summed E-state index contributed by atoms with van der Waals surface area (Å²) in [5.74, 6) is 5.64. The minimum atomic E-state index is -0.213. The third kappa shape index (κ3) is 2.37. The molecule has 14 heavy (non-hydrogen) atoms. The zero-order valence-electron chi connectivity index (χ0n) is 8.36. The second kappa shape index (κ2) is 4.83. The molecule has 78 valence electrons. The van der Waals surface area contributed by atoms with E-state index in [9.17, 15) is 5.11 Å². The fourth-order valence-corrected chi connectivity index (χ4v) is 1.13. The summed E-state index contributed by atoms with van der Waals surface area (Å²) >= 11 is 0. The minimum Gasteiger partial charge on any atom is -0.504 e. The van der Waals surface area contributed by atoms with Gasteiger partial charge in [0.1, 0.15) is 6.10 Å². The number of ether oxygens (including phenoxy) is 1. The molecule has 0 bridgehead atoms. The van der Waals surface area contributed by atoms with Gasteiger partial charge in [0.15, 0.2) is 11.5 Å². The van der Waals surface area contributed by atoms with E-state index in [-0.39, 0.29) is 11.9 Å². The van der Waals surface area contributed by atoms with Crippen LogP contribution in [-0.4, -0.2) is 11.7 Å². The van der Waals surface area contributed by atoms with Crippen LogP contribution in [0.2, 0.25) is 0 Å². The summed E-state index contributed by atoms with van der Waals surface area (Å²) in [7, 11) is 0. The van der Waals surface area contributed by atoms with Crippen LogP contribution < -0.4 is 10.6 Å². The summed E-state index contributed by atoms with van der Waals surface area (Å²) < 4.78 is 5.23. The number of benzene rings is 1. The van der Waals surface area contributed by atoms with Crippen molar-refractivity contribution < 1.29 is 14.7 Å². The number of nitrogens with two attached hydrogens (primary N) is 1. The van der Waals surface area contributed by atoms with Gasteiger partial charge in [0, 0.05) is 0 Å². The van der Waals surface area contributed by atoms with Crippen molar-refractivity contribution in [3.63, 3.8) is 0 Å². The molecule has 0 radical (unpaired) electrons. The molecule has 4 nitrogen and oxygen atoms in total. The highest BCUT2D eigenvalue weighted by Crippen LogP contribution is 2.29. The van der Waals surface area contributed by atoms with Crippen LogP contribution >= 0.6 is 0 Å². The molecule has 0 aromatic heterocycles. The Morgan fingerprint density at radius 3 is 2.79 bits per heavy atom. The Hall–Kier alpha value is -1.26. The number of aromatic hydroxyl groups is 1. The Labute approximate surface area is 83.2 Å². The topological polar surface area (TPSA) is 64.7 Å². The summed E-state index contributed by atoms with van der Waals surface area (Å²) in [4.78, 5) is 4.67. The summed E-state index contributed by atoms with van der Waals surface area (Å²) in [5, 5.41) is 9.42. The van der Waals surface area contributed by atoms with E-state index in [1.54, 1.807) is 18.2 Å². The highest BCUT2D eigenvalue weighted by molar-refractivity contribution is 5.42. The summed E-state index contributed by atoms with van der Waals surface area (Å²) in [6.45, 7) is 4.19. The summed E-state index contributed by atoms with van der Waals surface area (Å²) in [6.07, 6.45) is -0.213. The quantitative estimate of drug-likeness (QED) is 0.721. The Balaban J connectivity index is 2.93. The van der Waals surface area contributed by atoms with Gasteiger partial charge in [-0.25, -0.2) is 5.90 Å². The van der Waals surface area contributed by atoms with Crippen molar-refractivity contribution in [2.45, 2.75) is 20.0 Å². The number of rotatable bonds is 4. The van der Waals surface area contributed by atoms with Gasteiger partial charge in [0.2, 0.25) is 0 Å². The molecule has 0 heterocycles. The Kier molecular flexibility index (Phi) is 3.73. The predicted molar refractivity (Wildman–Crippen MR) is 53.0 cm³/mol. The molecule has 1 aromatic rings. The number of phenolic OH excluding ortho intramolecular Hbond substituents is 1. The molecular weight excluding hydrogens is 182 g/mol. The molecule has 1 rings (SSSR count). The lowest BCUT2D eigenvalue weighted by atomic mass is 10.1. The van der Waals surface area contributed by atoms with Gasteiger partial charge >= 0.3 is 0 Å². The van der Waals surface area contributed by atoms with Crippen molar-refractivity contribution >= 4 is 0 Å². The maximum Gasteiger partial charge on any atom is 0.161 e.